The normalized spacial score (nSPS) is 14.4. The van der Waals surface area contributed by atoms with Gasteiger partial charge < -0.3 is 25.8 Å². The number of hydrogen-bond acceptors (Lipinski definition) is 8. The standard InChI is InChI=1S/C29H26ClN9O/c30-24-18-33-28-35-23-13-19(16-32-17-23)5-6-20-14-22(34-27(24)37-28)7-8-25(20)36-29(40)39-11-9-38(10-12-39)26-4-2-1-3-21(26)15-31/h1-4,7-8,13-14,16-18H,5-6,9-12H2,(H,36,40)(H2,33,34,35,37). The van der Waals surface area contributed by atoms with Gasteiger partial charge in [-0.1, -0.05) is 23.7 Å². The number of piperazine rings is 1. The Kier molecular flexibility index (Phi) is 7.04. The Balaban J connectivity index is 1.21. The van der Waals surface area contributed by atoms with Crippen molar-refractivity contribution in [1.82, 2.24) is 19.9 Å². The van der Waals surface area contributed by atoms with Crippen molar-refractivity contribution in [2.24, 2.45) is 0 Å². The maximum Gasteiger partial charge on any atom is 0.321 e. The topological polar surface area (TPSA) is 122 Å². The highest BCUT2D eigenvalue weighted by Crippen LogP contribution is 2.30. The Labute approximate surface area is 236 Å². The van der Waals surface area contributed by atoms with Crippen LogP contribution in [-0.4, -0.2) is 52.1 Å². The number of benzene rings is 2. The van der Waals surface area contributed by atoms with Gasteiger partial charge in [0, 0.05) is 43.8 Å². The molecule has 2 aliphatic heterocycles. The number of hydrogen-bond donors (Lipinski definition) is 3. The number of fused-ring (bicyclic) bond motifs is 6. The number of halogens is 1. The molecule has 10 nitrogen and oxygen atoms in total. The van der Waals surface area contributed by atoms with Crippen LogP contribution >= 0.6 is 11.6 Å². The fraction of sp³-hybridized carbons (Fsp3) is 0.207. The van der Waals surface area contributed by atoms with Crippen LogP contribution in [0.5, 0.6) is 0 Å². The Morgan fingerprint density at radius 1 is 0.975 bits per heavy atom. The number of para-hydroxylation sites is 1. The van der Waals surface area contributed by atoms with Gasteiger partial charge in [0.05, 0.1) is 29.3 Å². The zero-order valence-electron chi connectivity index (χ0n) is 21.6. The molecule has 0 atom stereocenters. The van der Waals surface area contributed by atoms with E-state index in [2.05, 4.69) is 41.9 Å². The molecular weight excluding hydrogens is 526 g/mol. The van der Waals surface area contributed by atoms with Crippen molar-refractivity contribution in [1.29, 1.82) is 5.26 Å². The van der Waals surface area contributed by atoms with Crippen LogP contribution in [0.3, 0.4) is 0 Å². The highest BCUT2D eigenvalue weighted by molar-refractivity contribution is 6.32. The van der Waals surface area contributed by atoms with Crippen molar-refractivity contribution in [3.63, 3.8) is 0 Å². The largest absolute Gasteiger partial charge is 0.367 e. The summed E-state index contributed by atoms with van der Waals surface area (Å²) in [6.45, 7) is 2.42. The number of anilines is 6. The minimum Gasteiger partial charge on any atom is -0.367 e. The van der Waals surface area contributed by atoms with E-state index in [0.29, 0.717) is 55.0 Å². The van der Waals surface area contributed by atoms with E-state index < -0.39 is 0 Å². The average Bonchev–Trinajstić information content (AvgIpc) is 2.99. The Hall–Kier alpha value is -4.88. The van der Waals surface area contributed by atoms with Crippen LogP contribution in [0.25, 0.3) is 0 Å². The van der Waals surface area contributed by atoms with E-state index in [1.165, 1.54) is 0 Å². The molecule has 0 saturated carbocycles. The Morgan fingerprint density at radius 2 is 1.82 bits per heavy atom. The van der Waals surface area contributed by atoms with Gasteiger partial charge in [0.1, 0.15) is 11.1 Å². The molecule has 2 aliphatic rings. The summed E-state index contributed by atoms with van der Waals surface area (Å²) in [5.41, 5.74) is 5.90. The number of nitriles is 1. The maximum absolute atomic E-state index is 13.3. The molecule has 2 aromatic heterocycles. The van der Waals surface area contributed by atoms with Crippen molar-refractivity contribution < 1.29 is 4.79 Å². The summed E-state index contributed by atoms with van der Waals surface area (Å²) >= 11 is 6.38. The van der Waals surface area contributed by atoms with Gasteiger partial charge in [-0.25, -0.2) is 9.78 Å². The molecule has 2 amide bonds. The lowest BCUT2D eigenvalue weighted by Gasteiger charge is -2.36. The summed E-state index contributed by atoms with van der Waals surface area (Å²) < 4.78 is 0. The molecule has 3 N–H and O–H groups in total. The summed E-state index contributed by atoms with van der Waals surface area (Å²) in [5, 5.41) is 19.4. The Morgan fingerprint density at radius 3 is 2.67 bits per heavy atom. The van der Waals surface area contributed by atoms with Crippen LogP contribution in [0.2, 0.25) is 5.02 Å². The first-order chi connectivity index (χ1) is 19.6. The molecule has 0 spiro atoms. The molecule has 1 saturated heterocycles. The fourth-order valence-corrected chi connectivity index (χ4v) is 5.08. The zero-order valence-corrected chi connectivity index (χ0v) is 22.3. The third-order valence-corrected chi connectivity index (χ3v) is 7.30. The maximum atomic E-state index is 13.3. The van der Waals surface area contributed by atoms with Crippen LogP contribution in [-0.2, 0) is 12.8 Å². The number of nitrogens with one attached hydrogen (secondary N) is 3. The molecule has 1 fully saturated rings. The highest BCUT2D eigenvalue weighted by atomic mass is 35.5. The van der Waals surface area contributed by atoms with E-state index in [9.17, 15) is 10.1 Å². The summed E-state index contributed by atoms with van der Waals surface area (Å²) in [4.78, 5) is 30.4. The van der Waals surface area contributed by atoms with Gasteiger partial charge in [0.2, 0.25) is 5.95 Å². The number of carbonyl (C=O) groups excluding carboxylic acids is 1. The first kappa shape index (κ1) is 25.4. The first-order valence-electron chi connectivity index (χ1n) is 13.0. The van der Waals surface area contributed by atoms with Gasteiger partial charge >= 0.3 is 6.03 Å². The molecule has 4 aromatic rings. The molecule has 200 valence electrons. The predicted molar refractivity (Wildman–Crippen MR) is 156 cm³/mol. The zero-order chi connectivity index (χ0) is 27.5. The lowest BCUT2D eigenvalue weighted by atomic mass is 10.0. The van der Waals surface area contributed by atoms with Crippen LogP contribution in [0, 0.1) is 11.3 Å². The smallest absolute Gasteiger partial charge is 0.321 e. The monoisotopic (exact) mass is 551 g/mol. The van der Waals surface area contributed by atoms with Crippen molar-refractivity contribution >= 4 is 52.1 Å². The fourth-order valence-electron chi connectivity index (χ4n) is 4.94. The summed E-state index contributed by atoms with van der Waals surface area (Å²) in [6, 6.07) is 17.5. The van der Waals surface area contributed by atoms with Gasteiger partial charge in [-0.05, 0) is 60.4 Å². The number of amides is 2. The SMILES string of the molecule is N#Cc1ccccc1N1CCN(C(=O)Nc2ccc3cc2CCc2cncc(c2)Nc2ncc(Cl)c(n2)N3)CC1. The average molecular weight is 552 g/mol. The van der Waals surface area contributed by atoms with Crippen LogP contribution in [0.15, 0.2) is 67.1 Å². The summed E-state index contributed by atoms with van der Waals surface area (Å²) in [6.07, 6.45) is 6.52. The summed E-state index contributed by atoms with van der Waals surface area (Å²) in [5.74, 6) is 0.881. The molecule has 40 heavy (non-hydrogen) atoms. The van der Waals surface area contributed by atoms with Crippen molar-refractivity contribution in [3.8, 4) is 6.07 Å². The molecule has 2 aromatic carbocycles. The van der Waals surface area contributed by atoms with Crippen molar-refractivity contribution in [3.05, 3.63) is 88.8 Å². The van der Waals surface area contributed by atoms with Gasteiger partial charge in [-0.15, -0.1) is 0 Å². The van der Waals surface area contributed by atoms with Crippen LogP contribution in [0.1, 0.15) is 16.7 Å². The number of nitrogens with zero attached hydrogens (tertiary/aromatic N) is 6. The second kappa shape index (κ2) is 11.1. The molecule has 6 rings (SSSR count). The number of aromatic nitrogens is 3. The van der Waals surface area contributed by atoms with Crippen molar-refractivity contribution in [2.75, 3.05) is 47.0 Å². The van der Waals surface area contributed by atoms with E-state index in [0.717, 1.165) is 40.3 Å². The molecule has 6 bridgehead atoms. The van der Waals surface area contributed by atoms with E-state index in [4.69, 9.17) is 11.6 Å². The number of aryl methyl sites for hydroxylation is 2. The van der Waals surface area contributed by atoms with Crippen molar-refractivity contribution in [2.45, 2.75) is 12.8 Å². The van der Waals surface area contributed by atoms with Crippen LogP contribution in [0.4, 0.5) is 39.3 Å². The van der Waals surface area contributed by atoms with E-state index in [-0.39, 0.29) is 6.03 Å². The second-order valence-corrected chi connectivity index (χ2v) is 10.0. The first-order valence-corrected chi connectivity index (χ1v) is 13.4. The van der Waals surface area contributed by atoms with E-state index >= 15 is 0 Å². The highest BCUT2D eigenvalue weighted by Gasteiger charge is 2.23. The molecule has 0 aliphatic carbocycles. The molecule has 4 heterocycles. The molecule has 0 unspecified atom stereocenters. The van der Waals surface area contributed by atoms with E-state index in [1.807, 2.05) is 59.6 Å². The predicted octanol–water partition coefficient (Wildman–Crippen LogP) is 5.34. The van der Waals surface area contributed by atoms with Gasteiger partial charge in [0.15, 0.2) is 5.82 Å². The Bertz CT molecular complexity index is 1610. The minimum atomic E-state index is -0.149. The van der Waals surface area contributed by atoms with E-state index in [1.54, 1.807) is 12.4 Å². The second-order valence-electron chi connectivity index (χ2n) is 9.63. The minimum absolute atomic E-state index is 0.149. The number of rotatable bonds is 2. The lowest BCUT2D eigenvalue weighted by Crippen LogP contribution is -2.50. The number of pyridine rings is 1. The van der Waals surface area contributed by atoms with Gasteiger partial charge in [-0.2, -0.15) is 10.2 Å². The molecule has 0 radical (unpaired) electrons. The van der Waals surface area contributed by atoms with Crippen LogP contribution < -0.4 is 20.9 Å². The molecular formula is C29H26ClN9O. The van der Waals surface area contributed by atoms with Gasteiger partial charge in [-0.3, -0.25) is 4.98 Å². The third-order valence-electron chi connectivity index (χ3n) is 7.02. The third kappa shape index (κ3) is 5.46. The lowest BCUT2D eigenvalue weighted by molar-refractivity contribution is 0.208. The summed E-state index contributed by atoms with van der Waals surface area (Å²) in [7, 11) is 0. The quantitative estimate of drug-likeness (QED) is 0.305. The number of carbonyl (C=O) groups is 1. The number of urea groups is 1. The molecule has 11 heteroatoms. The van der Waals surface area contributed by atoms with Gasteiger partial charge in [0.25, 0.3) is 0 Å².